The minimum absolute atomic E-state index is 0.0432. The molecule has 1 amide bonds. The van der Waals surface area contributed by atoms with Crippen LogP contribution in [0, 0.1) is 5.82 Å². The van der Waals surface area contributed by atoms with Crippen LogP contribution in [0.1, 0.15) is 4.88 Å². The first-order chi connectivity index (χ1) is 11.4. The normalized spacial score (nSPS) is 13.9. The van der Waals surface area contributed by atoms with Gasteiger partial charge in [-0.2, -0.15) is 0 Å². The van der Waals surface area contributed by atoms with E-state index in [0.29, 0.717) is 4.88 Å². The van der Waals surface area contributed by atoms with Gasteiger partial charge < -0.3 is 19.6 Å². The lowest BCUT2D eigenvalue weighted by Crippen LogP contribution is -2.32. The molecule has 1 aromatic heterocycles. The second-order valence-corrected chi connectivity index (χ2v) is 7.14. The summed E-state index contributed by atoms with van der Waals surface area (Å²) in [5.74, 6) is -1.87. The van der Waals surface area contributed by atoms with Gasteiger partial charge in [0, 0.05) is 0 Å². The van der Waals surface area contributed by atoms with Crippen molar-refractivity contribution in [3.63, 3.8) is 0 Å². The summed E-state index contributed by atoms with van der Waals surface area (Å²) in [6, 6.07) is 8.54. The van der Waals surface area contributed by atoms with Crippen LogP contribution in [0.4, 0.5) is 4.39 Å². The summed E-state index contributed by atoms with van der Waals surface area (Å²) in [6.07, 6.45) is -0.714. The fourth-order valence-electron chi connectivity index (χ4n) is 1.66. The highest BCUT2D eigenvalue weighted by Gasteiger charge is 2.25. The summed E-state index contributed by atoms with van der Waals surface area (Å²) in [5.41, 5.74) is -0.0432. The van der Waals surface area contributed by atoms with Crippen molar-refractivity contribution < 1.29 is 28.0 Å². The van der Waals surface area contributed by atoms with Gasteiger partial charge in [0.1, 0.15) is 13.4 Å². The fourth-order valence-corrected chi connectivity index (χ4v) is 3.23. The molecule has 1 atom stereocenters. The topological polar surface area (TPSA) is 97.2 Å². The Morgan fingerprint density at radius 2 is 2.12 bits per heavy atom. The predicted molar refractivity (Wildman–Crippen MR) is 87.7 cm³/mol. The average Bonchev–Trinajstić information content (AvgIpc) is 3.06. The van der Waals surface area contributed by atoms with Crippen LogP contribution in [0.25, 0.3) is 0 Å². The van der Waals surface area contributed by atoms with E-state index in [9.17, 15) is 18.6 Å². The number of carbonyl (C=O) groups excluding carboxylic acids is 1. The summed E-state index contributed by atoms with van der Waals surface area (Å²) in [5, 5.41) is 7.58. The molecule has 2 N–H and O–H groups in total. The number of oxime groups is 1. The lowest BCUT2D eigenvalue weighted by atomic mass is 10.3. The number of carbonyl (C=O) groups is 1. The van der Waals surface area contributed by atoms with Gasteiger partial charge >= 0.3 is 7.60 Å². The maximum absolute atomic E-state index is 13.5. The molecule has 0 bridgehead atoms. The van der Waals surface area contributed by atoms with E-state index >= 15 is 0 Å². The van der Waals surface area contributed by atoms with Crippen LogP contribution in [-0.2, 0) is 14.2 Å². The Labute approximate surface area is 141 Å². The van der Waals surface area contributed by atoms with Crippen LogP contribution in [0.5, 0.6) is 5.75 Å². The summed E-state index contributed by atoms with van der Waals surface area (Å²) in [7, 11) is -3.02. The van der Waals surface area contributed by atoms with Crippen LogP contribution in [0.15, 0.2) is 46.9 Å². The number of amides is 1. The number of hydrogen-bond acceptors (Lipinski definition) is 6. The Kier molecular flexibility index (Phi) is 6.08. The third-order valence-electron chi connectivity index (χ3n) is 2.67. The molecule has 10 heteroatoms. The Morgan fingerprint density at radius 1 is 1.38 bits per heavy atom. The summed E-state index contributed by atoms with van der Waals surface area (Å²) < 4.78 is 30.2. The number of rotatable bonds is 7. The Morgan fingerprint density at radius 3 is 2.75 bits per heavy atom. The molecule has 0 radical (unpaired) electrons. The highest BCUT2D eigenvalue weighted by atomic mass is 32.1. The van der Waals surface area contributed by atoms with Crippen molar-refractivity contribution in [2.45, 2.75) is 0 Å². The molecular formula is C14H14FN2O5PS. The van der Waals surface area contributed by atoms with Gasteiger partial charge in [0.2, 0.25) is 0 Å². The third-order valence-corrected chi connectivity index (χ3v) is 4.59. The van der Waals surface area contributed by atoms with Crippen LogP contribution in [-0.4, -0.2) is 29.9 Å². The molecular weight excluding hydrogens is 358 g/mol. The van der Waals surface area contributed by atoms with Crippen LogP contribution in [0.3, 0.4) is 0 Å². The Hall–Kier alpha value is -2.22. The lowest BCUT2D eigenvalue weighted by Gasteiger charge is -2.14. The molecule has 0 aliphatic heterocycles. The minimum Gasteiger partial charge on any atom is -0.420 e. The zero-order valence-electron chi connectivity index (χ0n) is 12.5. The van der Waals surface area contributed by atoms with Crippen molar-refractivity contribution in [2.75, 3.05) is 13.4 Å². The van der Waals surface area contributed by atoms with E-state index in [-0.39, 0.29) is 11.5 Å². The molecule has 0 saturated carbocycles. The number of thiophene rings is 1. The van der Waals surface area contributed by atoms with Crippen molar-refractivity contribution in [2.24, 2.45) is 5.16 Å². The first-order valence-corrected chi connectivity index (χ1v) is 9.26. The standard InChI is InChI=1S/C14H14FN2O5PS/c1-21-17-13(12-7-4-8-24-12)14(18)16-9-23(19,20)22-11-6-3-2-5-10(11)15/h2-8H,9H2,1H3,(H,16,18)(H,19,20)/b17-13+. The van der Waals surface area contributed by atoms with Crippen molar-refractivity contribution in [3.05, 3.63) is 52.5 Å². The maximum Gasteiger partial charge on any atom is 0.395 e. The molecule has 1 heterocycles. The second kappa shape index (κ2) is 8.05. The number of halogens is 1. The lowest BCUT2D eigenvalue weighted by molar-refractivity contribution is -0.114. The van der Waals surface area contributed by atoms with E-state index in [1.807, 2.05) is 0 Å². The zero-order valence-corrected chi connectivity index (χ0v) is 14.2. The number of benzene rings is 1. The number of nitrogens with zero attached hydrogens (tertiary/aromatic N) is 1. The van der Waals surface area contributed by atoms with Crippen molar-refractivity contribution in [1.82, 2.24) is 5.32 Å². The molecule has 0 aliphatic carbocycles. The molecule has 7 nitrogen and oxygen atoms in total. The average molecular weight is 372 g/mol. The highest BCUT2D eigenvalue weighted by Crippen LogP contribution is 2.42. The SMILES string of the molecule is CO/N=C(/C(=O)NCP(=O)(O)Oc1ccccc1F)c1cccs1. The number of hydrogen-bond donors (Lipinski definition) is 2. The van der Waals surface area contributed by atoms with Gasteiger partial charge in [-0.3, -0.25) is 4.79 Å². The molecule has 128 valence electrons. The smallest absolute Gasteiger partial charge is 0.395 e. The first kappa shape index (κ1) is 18.1. The van der Waals surface area contributed by atoms with Gasteiger partial charge in [-0.15, -0.1) is 11.3 Å². The van der Waals surface area contributed by atoms with Crippen molar-refractivity contribution >= 4 is 30.6 Å². The molecule has 0 saturated heterocycles. The van der Waals surface area contributed by atoms with Gasteiger partial charge in [0.25, 0.3) is 5.91 Å². The summed E-state index contributed by atoms with van der Waals surface area (Å²) in [4.78, 5) is 27.0. The fraction of sp³-hybridized carbons (Fsp3) is 0.143. The Balaban J connectivity index is 2.03. The number of nitrogens with one attached hydrogen (secondary N) is 1. The van der Waals surface area contributed by atoms with E-state index < -0.39 is 25.6 Å². The maximum atomic E-state index is 13.5. The highest BCUT2D eigenvalue weighted by molar-refractivity contribution is 7.53. The van der Waals surface area contributed by atoms with Crippen LogP contribution < -0.4 is 9.84 Å². The van der Waals surface area contributed by atoms with Gasteiger partial charge in [0.05, 0.1) is 4.88 Å². The molecule has 0 aliphatic rings. The van der Waals surface area contributed by atoms with Gasteiger partial charge in [-0.25, -0.2) is 8.96 Å². The third kappa shape index (κ3) is 4.89. The van der Waals surface area contributed by atoms with E-state index in [4.69, 9.17) is 4.52 Å². The van der Waals surface area contributed by atoms with E-state index in [1.165, 1.54) is 36.6 Å². The zero-order chi connectivity index (χ0) is 17.6. The summed E-state index contributed by atoms with van der Waals surface area (Å²) in [6.45, 7) is 0. The quantitative estimate of drug-likeness (QED) is 0.442. The second-order valence-electron chi connectivity index (χ2n) is 4.42. The monoisotopic (exact) mass is 372 g/mol. The van der Waals surface area contributed by atoms with Gasteiger partial charge in [0.15, 0.2) is 17.3 Å². The predicted octanol–water partition coefficient (Wildman–Crippen LogP) is 2.58. The van der Waals surface area contributed by atoms with Gasteiger partial charge in [-0.1, -0.05) is 23.4 Å². The molecule has 0 spiro atoms. The van der Waals surface area contributed by atoms with E-state index in [2.05, 4.69) is 15.3 Å². The molecule has 1 aromatic carbocycles. The first-order valence-electron chi connectivity index (χ1n) is 6.62. The molecule has 1 unspecified atom stereocenters. The van der Waals surface area contributed by atoms with Crippen molar-refractivity contribution in [3.8, 4) is 5.75 Å². The minimum atomic E-state index is -4.30. The molecule has 2 aromatic rings. The van der Waals surface area contributed by atoms with Crippen LogP contribution >= 0.6 is 18.9 Å². The largest absolute Gasteiger partial charge is 0.420 e. The Bertz CT molecular complexity index is 781. The van der Waals surface area contributed by atoms with E-state index in [0.717, 1.165) is 6.07 Å². The number of para-hydroxylation sites is 1. The molecule has 0 fully saturated rings. The molecule has 2 rings (SSSR count). The molecule has 24 heavy (non-hydrogen) atoms. The summed E-state index contributed by atoms with van der Waals surface area (Å²) >= 11 is 1.25. The van der Waals surface area contributed by atoms with Crippen LogP contribution in [0.2, 0.25) is 0 Å². The van der Waals surface area contributed by atoms with Crippen molar-refractivity contribution in [1.29, 1.82) is 0 Å². The van der Waals surface area contributed by atoms with E-state index in [1.54, 1.807) is 17.5 Å². The van der Waals surface area contributed by atoms with Gasteiger partial charge in [-0.05, 0) is 23.6 Å².